The number of nitrogens with zero attached hydrogens (tertiary/aromatic N) is 4. The molecule has 6 aromatic rings. The van der Waals surface area contributed by atoms with Gasteiger partial charge >= 0.3 is 6.18 Å². The first kappa shape index (κ1) is 31.7. The van der Waals surface area contributed by atoms with Gasteiger partial charge in [-0.1, -0.05) is 36.4 Å². The summed E-state index contributed by atoms with van der Waals surface area (Å²) in [5.41, 5.74) is 7.82. The molecule has 46 heavy (non-hydrogen) atoms. The normalized spacial score (nSPS) is 11.3. The van der Waals surface area contributed by atoms with Gasteiger partial charge in [0.25, 0.3) is 0 Å². The van der Waals surface area contributed by atoms with Crippen LogP contribution >= 0.6 is 0 Å². The van der Waals surface area contributed by atoms with Crippen LogP contribution in [0.3, 0.4) is 0 Å². The van der Waals surface area contributed by atoms with E-state index in [1.165, 1.54) is 0 Å². The Morgan fingerprint density at radius 2 is 1.15 bits per heavy atom. The van der Waals surface area contributed by atoms with Crippen molar-refractivity contribution in [3.63, 3.8) is 0 Å². The summed E-state index contributed by atoms with van der Waals surface area (Å²) in [5.74, 6) is -3.34. The highest BCUT2D eigenvalue weighted by Crippen LogP contribution is 2.24. The van der Waals surface area contributed by atoms with Crippen molar-refractivity contribution in [2.75, 3.05) is 10.6 Å². The largest absolute Gasteiger partial charge is 0.542 e. The molecular formula is C33H27F3N6O4. The van der Waals surface area contributed by atoms with Crippen molar-refractivity contribution < 1.29 is 37.2 Å². The fourth-order valence-electron chi connectivity index (χ4n) is 4.92. The number of aromatic nitrogens is 4. The minimum Gasteiger partial charge on any atom is -0.542 e. The highest BCUT2D eigenvalue weighted by atomic mass is 19.4. The van der Waals surface area contributed by atoms with Gasteiger partial charge in [0.2, 0.25) is 22.8 Å². The zero-order valence-corrected chi connectivity index (χ0v) is 24.5. The molecule has 0 fully saturated rings. The topological polar surface area (TPSA) is 141 Å². The van der Waals surface area contributed by atoms with Crippen LogP contribution in [0.4, 0.5) is 24.5 Å². The maximum atomic E-state index is 12.8. The number of carbonyl (C=O) groups excluding carboxylic acids is 3. The zero-order chi connectivity index (χ0) is 32.8. The third-order valence-electron chi connectivity index (χ3n) is 6.98. The Balaban J connectivity index is 0.000000537. The molecule has 2 N–H and O–H groups in total. The second-order valence-electron chi connectivity index (χ2n) is 10.1. The fourth-order valence-corrected chi connectivity index (χ4v) is 4.92. The minimum atomic E-state index is -5.19. The number of hydrogen-bond acceptors (Lipinski definition) is 7. The van der Waals surface area contributed by atoms with Crippen molar-refractivity contribution in [1.29, 1.82) is 0 Å². The molecule has 0 aliphatic rings. The number of aliphatic carboxylic acids is 1. The van der Waals surface area contributed by atoms with E-state index in [0.29, 0.717) is 28.8 Å². The van der Waals surface area contributed by atoms with E-state index in [-0.39, 0.29) is 24.7 Å². The number of para-hydroxylation sites is 6. The molecule has 0 aliphatic heterocycles. The van der Waals surface area contributed by atoms with Crippen LogP contribution in [0.2, 0.25) is 0 Å². The van der Waals surface area contributed by atoms with Gasteiger partial charge < -0.3 is 20.5 Å². The lowest BCUT2D eigenvalue weighted by atomic mass is 10.2. The summed E-state index contributed by atoms with van der Waals surface area (Å²) in [6, 6.07) is 27.0. The van der Waals surface area contributed by atoms with Gasteiger partial charge in [-0.05, 0) is 49.7 Å². The number of alkyl halides is 3. The number of hydrogen-bond donors (Lipinski definition) is 2. The molecule has 2 amide bonds. The number of carboxylic acids is 1. The highest BCUT2D eigenvalue weighted by molar-refractivity contribution is 6.02. The Hall–Kier alpha value is -5.72. The van der Waals surface area contributed by atoms with E-state index < -0.39 is 12.1 Å². The number of amides is 2. The van der Waals surface area contributed by atoms with E-state index in [1.807, 2.05) is 78.9 Å². The monoisotopic (exact) mass is 628 g/mol. The van der Waals surface area contributed by atoms with Crippen LogP contribution in [-0.4, -0.2) is 38.9 Å². The van der Waals surface area contributed by atoms with Crippen LogP contribution in [0.15, 0.2) is 84.9 Å². The number of anilines is 2. The molecule has 0 bridgehead atoms. The number of aryl methyl sites for hydroxylation is 1. The van der Waals surface area contributed by atoms with Crippen molar-refractivity contribution in [3.05, 3.63) is 84.9 Å². The van der Waals surface area contributed by atoms with Crippen LogP contribution in [-0.2, 0) is 20.9 Å². The molecule has 2 heterocycles. The Labute approximate surface area is 259 Å². The highest BCUT2D eigenvalue weighted by Gasteiger charge is 2.28. The third kappa shape index (κ3) is 7.15. The van der Waals surface area contributed by atoms with Crippen molar-refractivity contribution in [2.24, 2.45) is 0 Å². The number of fused-ring (bicyclic) bond motifs is 4. The van der Waals surface area contributed by atoms with E-state index in [4.69, 9.17) is 19.9 Å². The number of rotatable bonds is 7. The van der Waals surface area contributed by atoms with Crippen LogP contribution in [0.1, 0.15) is 26.2 Å². The third-order valence-corrected chi connectivity index (χ3v) is 6.98. The number of carboxylic acid groups (broad SMARTS) is 1. The number of halogens is 3. The van der Waals surface area contributed by atoms with Gasteiger partial charge in [0, 0.05) is 25.0 Å². The van der Waals surface area contributed by atoms with E-state index in [0.717, 1.165) is 39.6 Å². The summed E-state index contributed by atoms with van der Waals surface area (Å²) < 4.78 is 33.7. The van der Waals surface area contributed by atoms with Crippen LogP contribution in [0.25, 0.3) is 44.1 Å². The molecule has 234 valence electrons. The predicted octanol–water partition coefficient (Wildman–Crippen LogP) is 4.84. The average molecular weight is 629 g/mol. The number of carbonyl (C=O) groups is 3. The summed E-state index contributed by atoms with van der Waals surface area (Å²) in [7, 11) is 0. The molecule has 0 aliphatic carbocycles. The maximum Gasteiger partial charge on any atom is 0.430 e. The summed E-state index contributed by atoms with van der Waals surface area (Å²) in [6.07, 6.45) is -4.36. The summed E-state index contributed by atoms with van der Waals surface area (Å²) >= 11 is 0. The molecule has 10 nitrogen and oxygen atoms in total. The standard InChI is InChI=1S/C31H26N6O2.C2HF3O2/c1-2-37-26-16-6-5-12-22(26)36-31-25(15-8-17-27(31)37)34-29(39)19-9-18-28(38)33-24-14-7-13-23-30(24)35-21-11-4-3-10-20(21)32-23;3-2(4,5)1(6)7/h3-8,10-17H,2,9,18-19H2,1H3,(H,32,33,38);(H,6,7). The van der Waals surface area contributed by atoms with Crippen LogP contribution in [0.5, 0.6) is 0 Å². The van der Waals surface area contributed by atoms with Gasteiger partial charge in [0.15, 0.2) is 5.52 Å². The molecule has 0 unspecified atom stereocenters. The lowest BCUT2D eigenvalue weighted by Gasteiger charge is -2.10. The van der Waals surface area contributed by atoms with E-state index in [2.05, 4.69) is 33.2 Å². The van der Waals surface area contributed by atoms with Crippen molar-refractivity contribution >= 4 is 73.3 Å². The SMILES string of the molecule is CC[n+]1c2ccccc2nc2c(NC(=O)CCCC(=O)Nc3cccc4nc5ccccc5nc34)cccc21.O=C([O-])C(F)(F)F. The first-order chi connectivity index (χ1) is 22.0. The van der Waals surface area contributed by atoms with Crippen LogP contribution < -0.4 is 20.3 Å². The molecule has 2 aromatic heterocycles. The Kier molecular flexibility index (Phi) is 9.31. The molecule has 0 radical (unpaired) electrons. The van der Waals surface area contributed by atoms with Gasteiger partial charge in [-0.2, -0.15) is 17.7 Å². The minimum absolute atomic E-state index is 0.157. The molecule has 6 rings (SSSR count). The van der Waals surface area contributed by atoms with Gasteiger partial charge in [-0.15, -0.1) is 0 Å². The van der Waals surface area contributed by atoms with E-state index in [9.17, 15) is 22.8 Å². The molecular weight excluding hydrogens is 601 g/mol. The Bertz CT molecular complexity index is 2100. The van der Waals surface area contributed by atoms with Gasteiger partial charge in [-0.25, -0.2) is 15.0 Å². The van der Waals surface area contributed by atoms with Crippen LogP contribution in [0, 0.1) is 0 Å². The lowest BCUT2D eigenvalue weighted by molar-refractivity contribution is -0.641. The van der Waals surface area contributed by atoms with E-state index >= 15 is 0 Å². The first-order valence-corrected chi connectivity index (χ1v) is 14.3. The average Bonchev–Trinajstić information content (AvgIpc) is 3.03. The quantitative estimate of drug-likeness (QED) is 0.190. The molecule has 0 saturated carbocycles. The smallest absolute Gasteiger partial charge is 0.430 e. The van der Waals surface area contributed by atoms with E-state index in [1.54, 1.807) is 0 Å². The second-order valence-corrected chi connectivity index (χ2v) is 10.1. The maximum absolute atomic E-state index is 12.8. The lowest BCUT2D eigenvalue weighted by Crippen LogP contribution is -2.37. The van der Waals surface area contributed by atoms with Gasteiger partial charge in [0.05, 0.1) is 27.9 Å². The summed E-state index contributed by atoms with van der Waals surface area (Å²) in [5, 5.41) is 14.7. The van der Waals surface area contributed by atoms with Crippen molar-refractivity contribution in [2.45, 2.75) is 38.9 Å². The summed E-state index contributed by atoms with van der Waals surface area (Å²) in [6.45, 7) is 2.87. The number of nitrogens with one attached hydrogen (secondary N) is 2. The van der Waals surface area contributed by atoms with Crippen molar-refractivity contribution in [1.82, 2.24) is 15.0 Å². The molecule has 4 aromatic carbocycles. The van der Waals surface area contributed by atoms with Gasteiger partial charge in [0.1, 0.15) is 23.5 Å². The zero-order valence-electron chi connectivity index (χ0n) is 24.5. The van der Waals surface area contributed by atoms with Gasteiger partial charge in [-0.3, -0.25) is 9.59 Å². The number of benzene rings is 4. The molecule has 0 atom stereocenters. The van der Waals surface area contributed by atoms with Crippen molar-refractivity contribution in [3.8, 4) is 0 Å². The molecule has 0 saturated heterocycles. The fraction of sp³-hybridized carbons (Fsp3) is 0.182. The Morgan fingerprint density at radius 1 is 0.674 bits per heavy atom. The predicted molar refractivity (Wildman–Crippen MR) is 164 cm³/mol. The Morgan fingerprint density at radius 3 is 1.76 bits per heavy atom. The first-order valence-electron chi connectivity index (χ1n) is 14.3. The summed E-state index contributed by atoms with van der Waals surface area (Å²) in [4.78, 5) is 48.5. The molecule has 13 heteroatoms. The molecule has 0 spiro atoms. The second kappa shape index (κ2) is 13.5.